The summed E-state index contributed by atoms with van der Waals surface area (Å²) >= 11 is 0. The Morgan fingerprint density at radius 1 is 0.392 bits per heavy atom. The van der Waals surface area contributed by atoms with Crippen LogP contribution in [0.1, 0.15) is 148 Å². The molecule has 1 aromatic rings. The van der Waals surface area contributed by atoms with E-state index in [4.69, 9.17) is 37.9 Å². The molecule has 0 atom stereocenters. The molecule has 5 N–H and O–H groups in total. The minimum atomic E-state index is -1.43. The van der Waals surface area contributed by atoms with Gasteiger partial charge in [0.2, 0.25) is 11.8 Å². The molecule has 0 fully saturated rings. The number of carbonyl (C=O) groups is 15. The van der Waals surface area contributed by atoms with Gasteiger partial charge in [-0.15, -0.1) is 0 Å². The Morgan fingerprint density at radius 3 is 0.979 bits per heavy atom. The van der Waals surface area contributed by atoms with Crippen LogP contribution >= 0.6 is 0 Å². The zero-order valence-electron chi connectivity index (χ0n) is 56.1. The summed E-state index contributed by atoms with van der Waals surface area (Å²) in [5.41, 5.74) is -1.06. The molecule has 0 bridgehead atoms. The molecule has 31 heteroatoms. The normalized spacial score (nSPS) is 9.97. The summed E-state index contributed by atoms with van der Waals surface area (Å²) < 4.78 is 53.5. The van der Waals surface area contributed by atoms with Gasteiger partial charge in [-0.1, -0.05) is 27.2 Å². The molecule has 0 aliphatic carbocycles. The van der Waals surface area contributed by atoms with E-state index in [-0.39, 0.29) is 166 Å². The molecule has 1 rings (SSSR count). The lowest BCUT2D eigenvalue weighted by Crippen LogP contribution is -2.32. The van der Waals surface area contributed by atoms with Crippen molar-refractivity contribution in [3.63, 3.8) is 0 Å². The van der Waals surface area contributed by atoms with Gasteiger partial charge in [0.25, 0.3) is 0 Å². The van der Waals surface area contributed by atoms with Crippen molar-refractivity contribution in [1.29, 1.82) is 0 Å². The molecule has 97 heavy (non-hydrogen) atoms. The SMILES string of the molecule is C.C=CC(=O)OCCOC(=O)CCCCCOC(=O)CC(=O)NCCNC.C=CC(=O)OCCOC(=O)CCCCCOC(=O)CC(C)=O.C=CC(=O)OCCOC(=O)CCCCCOC(=O)CC(C)=O.CNCCNC(=O)CC(=O)OCCOc1ccc(C(=O)C(C)(C)O)cc1. The average Bonchev–Trinajstić information content (AvgIpc) is 0.973. The Labute approximate surface area is 567 Å². The van der Waals surface area contributed by atoms with Gasteiger partial charge in [0.05, 0.1) is 19.8 Å². The molecule has 0 aliphatic heterocycles. The van der Waals surface area contributed by atoms with Crippen molar-refractivity contribution in [3.8, 4) is 5.75 Å². The Kier molecular flexibility index (Phi) is 61.0. The quantitative estimate of drug-likeness (QED) is 0.0155. The highest BCUT2D eigenvalue weighted by molar-refractivity contribution is 6.02. The number of aliphatic hydroxyl groups is 1. The fourth-order valence-corrected chi connectivity index (χ4v) is 6.51. The van der Waals surface area contributed by atoms with Crippen molar-refractivity contribution in [3.05, 3.63) is 67.8 Å². The lowest BCUT2D eigenvalue weighted by Gasteiger charge is -2.15. The van der Waals surface area contributed by atoms with E-state index >= 15 is 0 Å². The number of Topliss-reactive ketones (excluding diaryl/α,β-unsaturated/α-hetero) is 3. The third kappa shape index (κ3) is 65.2. The first kappa shape index (κ1) is 94.2. The van der Waals surface area contributed by atoms with Crippen LogP contribution in [0.15, 0.2) is 62.2 Å². The summed E-state index contributed by atoms with van der Waals surface area (Å²) in [5.74, 6) is -6.16. The van der Waals surface area contributed by atoms with Crippen molar-refractivity contribution >= 4 is 88.9 Å². The minimum absolute atomic E-state index is 0. The average molecular weight is 1380 g/mol. The molecule has 0 unspecified atom stereocenters. The van der Waals surface area contributed by atoms with Crippen LogP contribution in [-0.2, 0) is 114 Å². The molecular formula is C66H102N4O27. The molecule has 0 aromatic heterocycles. The fourth-order valence-electron chi connectivity index (χ4n) is 6.51. The molecule has 548 valence electrons. The maximum Gasteiger partial charge on any atom is 0.330 e. The second-order valence-electron chi connectivity index (χ2n) is 20.4. The molecule has 0 aliphatic rings. The largest absolute Gasteiger partial charge is 0.490 e. The van der Waals surface area contributed by atoms with E-state index in [9.17, 15) is 77.0 Å². The molecule has 0 saturated carbocycles. The van der Waals surface area contributed by atoms with Gasteiger partial charge in [-0.2, -0.15) is 0 Å². The van der Waals surface area contributed by atoms with Gasteiger partial charge >= 0.3 is 59.7 Å². The highest BCUT2D eigenvalue weighted by Gasteiger charge is 2.25. The van der Waals surface area contributed by atoms with Crippen LogP contribution in [0.2, 0.25) is 0 Å². The summed E-state index contributed by atoms with van der Waals surface area (Å²) in [7, 11) is 3.53. The molecule has 31 nitrogen and oxygen atoms in total. The number of benzene rings is 1. The van der Waals surface area contributed by atoms with Gasteiger partial charge in [0, 0.05) is 69.2 Å². The second kappa shape index (κ2) is 62.9. The van der Waals surface area contributed by atoms with E-state index < -0.39 is 53.3 Å². The molecular weight excluding hydrogens is 1280 g/mol. The Bertz CT molecular complexity index is 2490. The summed E-state index contributed by atoms with van der Waals surface area (Å²) in [4.78, 5) is 167. The maximum absolute atomic E-state index is 11.9. The van der Waals surface area contributed by atoms with Crippen LogP contribution in [0, 0.1) is 0 Å². The van der Waals surface area contributed by atoms with Crippen molar-refractivity contribution in [2.75, 3.05) is 113 Å². The zero-order chi connectivity index (χ0) is 72.8. The van der Waals surface area contributed by atoms with Gasteiger partial charge in [-0.05, 0) is 124 Å². The number of likely N-dealkylation sites (N-methyl/N-ethyl adjacent to an activating group) is 2. The van der Waals surface area contributed by atoms with E-state index in [1.165, 1.54) is 27.7 Å². The number of unbranched alkanes of at least 4 members (excludes halogenated alkanes) is 6. The number of ether oxygens (including phenoxy) is 11. The summed E-state index contributed by atoms with van der Waals surface area (Å²) in [5, 5.41) is 20.6. The van der Waals surface area contributed by atoms with Gasteiger partial charge in [0.1, 0.15) is 101 Å². The smallest absolute Gasteiger partial charge is 0.330 e. The van der Waals surface area contributed by atoms with E-state index in [1.54, 1.807) is 38.4 Å². The number of nitrogens with one attached hydrogen (secondary N) is 4. The number of carbonyl (C=O) groups excluding carboxylic acids is 15. The first-order chi connectivity index (χ1) is 45.6. The first-order valence-electron chi connectivity index (χ1n) is 30.9. The zero-order valence-corrected chi connectivity index (χ0v) is 56.1. The van der Waals surface area contributed by atoms with Crippen LogP contribution in [0.5, 0.6) is 5.75 Å². The first-order valence-corrected chi connectivity index (χ1v) is 30.9. The summed E-state index contributed by atoms with van der Waals surface area (Å²) in [6.45, 7) is 18.2. The van der Waals surface area contributed by atoms with Gasteiger partial charge in [-0.25, -0.2) is 14.4 Å². The van der Waals surface area contributed by atoms with Crippen molar-refractivity contribution in [1.82, 2.24) is 21.3 Å². The van der Waals surface area contributed by atoms with Crippen molar-refractivity contribution in [2.45, 2.75) is 143 Å². The minimum Gasteiger partial charge on any atom is -0.490 e. The predicted octanol–water partition coefficient (Wildman–Crippen LogP) is 3.70. The van der Waals surface area contributed by atoms with E-state index in [0.29, 0.717) is 95.3 Å². The molecule has 0 spiro atoms. The Balaban J connectivity index is -0.000000594. The maximum atomic E-state index is 11.9. The van der Waals surface area contributed by atoms with Crippen molar-refractivity contribution < 1.29 is 129 Å². The lowest BCUT2D eigenvalue weighted by atomic mass is 9.97. The van der Waals surface area contributed by atoms with Crippen molar-refractivity contribution in [2.24, 2.45) is 0 Å². The molecule has 1 aromatic carbocycles. The monoisotopic (exact) mass is 1380 g/mol. The number of hydrogen-bond acceptors (Lipinski definition) is 29. The van der Waals surface area contributed by atoms with Crippen LogP contribution in [-0.4, -0.2) is 213 Å². The van der Waals surface area contributed by atoms with Gasteiger partial charge < -0.3 is 78.5 Å². The third-order valence-corrected chi connectivity index (χ3v) is 11.2. The van der Waals surface area contributed by atoms with Crippen LogP contribution in [0.3, 0.4) is 0 Å². The number of rotatable bonds is 50. The highest BCUT2D eigenvalue weighted by Crippen LogP contribution is 2.17. The molecule has 0 saturated heterocycles. The highest BCUT2D eigenvalue weighted by atomic mass is 16.6. The number of ketones is 3. The fraction of sp³-hybridized carbons (Fsp3) is 0.591. The summed E-state index contributed by atoms with van der Waals surface area (Å²) in [6, 6.07) is 6.29. The van der Waals surface area contributed by atoms with E-state index in [2.05, 4.69) is 55.2 Å². The standard InChI is InChI=1S/C18H26N2O6.C17H28N2O7.2C15H22O7.CH4/c1-18(2,24)17(23)13-4-6-14(7-5-13)25-10-11-26-16(22)12-15(21)20-9-8-19-3;1-3-15(21)25-11-12-26-16(22)7-5-4-6-10-24-17(23)13-14(20)19-9-8-18-2;2*1-3-13(17)21-9-10-22-14(18)7-5-4-6-8-20-15(19)11-12(2)16;/h4-7,19,24H,8-12H2,1-3H3,(H,20,21);3,18H,1,4-13H2,2H3,(H,19,20);2*3H,1,4-11H2,2H3;1H4. The Hall–Kier alpha value is -9.23. The Morgan fingerprint density at radius 2 is 0.680 bits per heavy atom. The number of hydrogen-bond donors (Lipinski definition) is 5. The van der Waals surface area contributed by atoms with Crippen LogP contribution in [0.4, 0.5) is 0 Å². The van der Waals surface area contributed by atoms with Crippen LogP contribution < -0.4 is 26.0 Å². The van der Waals surface area contributed by atoms with Gasteiger partial charge in [0.15, 0.2) is 5.78 Å². The molecule has 0 radical (unpaired) electrons. The van der Waals surface area contributed by atoms with Crippen LogP contribution in [0.25, 0.3) is 0 Å². The number of esters is 10. The van der Waals surface area contributed by atoms with Gasteiger partial charge in [-0.3, -0.25) is 57.5 Å². The topological polar surface area (TPSA) is 426 Å². The second-order valence-corrected chi connectivity index (χ2v) is 20.4. The summed E-state index contributed by atoms with van der Waals surface area (Å²) in [6.07, 6.45) is 8.50. The van der Waals surface area contributed by atoms with E-state index in [1.807, 2.05) is 0 Å². The molecule has 2 amide bonds. The number of amides is 2. The lowest BCUT2D eigenvalue weighted by molar-refractivity contribution is -0.149. The molecule has 0 heterocycles. The van der Waals surface area contributed by atoms with E-state index in [0.717, 1.165) is 18.2 Å². The third-order valence-electron chi connectivity index (χ3n) is 11.2. The predicted molar refractivity (Wildman–Crippen MR) is 349 cm³/mol.